The number of morpholine rings is 1. The molecule has 108 valence electrons. The molecule has 6 heteroatoms. The summed E-state index contributed by atoms with van der Waals surface area (Å²) in [5.74, 6) is -0.286. The molecule has 1 atom stereocenters. The summed E-state index contributed by atoms with van der Waals surface area (Å²) in [7, 11) is 1.37. The molecule has 0 aromatic heterocycles. The highest BCUT2D eigenvalue weighted by Crippen LogP contribution is 2.35. The highest BCUT2D eigenvalue weighted by Gasteiger charge is 2.40. The van der Waals surface area contributed by atoms with Gasteiger partial charge in [-0.2, -0.15) is 0 Å². The quantitative estimate of drug-likeness (QED) is 0.686. The zero-order valence-electron chi connectivity index (χ0n) is 11.4. The maximum absolute atomic E-state index is 12.0. The van der Waals surface area contributed by atoms with Gasteiger partial charge in [0, 0.05) is 19.0 Å². The van der Waals surface area contributed by atoms with Crippen molar-refractivity contribution in [2.24, 2.45) is 0 Å². The van der Waals surface area contributed by atoms with Gasteiger partial charge in [-0.15, -0.1) is 0 Å². The predicted molar refractivity (Wildman–Crippen MR) is 68.6 cm³/mol. The van der Waals surface area contributed by atoms with Gasteiger partial charge in [0.25, 0.3) is 0 Å². The smallest absolute Gasteiger partial charge is 0.307 e. The first-order valence-electron chi connectivity index (χ1n) is 6.82. The number of esters is 1. The van der Waals surface area contributed by atoms with E-state index < -0.39 is 0 Å². The second kappa shape index (κ2) is 6.34. The minimum Gasteiger partial charge on any atom is -0.469 e. The zero-order valence-corrected chi connectivity index (χ0v) is 11.4. The molecule has 1 saturated heterocycles. The van der Waals surface area contributed by atoms with Crippen molar-refractivity contribution in [3.05, 3.63) is 0 Å². The predicted octanol–water partition coefficient (Wildman–Crippen LogP) is -0.0331. The first-order chi connectivity index (χ1) is 9.13. The summed E-state index contributed by atoms with van der Waals surface area (Å²) < 4.78 is 10.0. The molecule has 0 bridgehead atoms. The SMILES string of the molecule is COC(=O)CC1(NC(=O)CC2COCCN2)CCC1. The lowest BCUT2D eigenvalue weighted by Gasteiger charge is -2.42. The lowest BCUT2D eigenvalue weighted by atomic mass is 9.74. The number of rotatable bonds is 5. The standard InChI is InChI=1S/C13H22N2O4/c1-18-12(17)8-13(3-2-4-13)15-11(16)7-10-9-19-6-5-14-10/h10,14H,2-9H2,1H3,(H,15,16). The molecule has 2 fully saturated rings. The van der Waals surface area contributed by atoms with Crippen LogP contribution in [0.3, 0.4) is 0 Å². The van der Waals surface area contributed by atoms with Crippen molar-refractivity contribution < 1.29 is 19.1 Å². The summed E-state index contributed by atoms with van der Waals surface area (Å²) in [5.41, 5.74) is -0.375. The maximum atomic E-state index is 12.0. The van der Waals surface area contributed by atoms with Crippen LogP contribution in [0.1, 0.15) is 32.1 Å². The number of hydrogen-bond donors (Lipinski definition) is 2. The van der Waals surface area contributed by atoms with Gasteiger partial charge in [0.15, 0.2) is 0 Å². The van der Waals surface area contributed by atoms with Crippen molar-refractivity contribution in [1.82, 2.24) is 10.6 Å². The third-order valence-electron chi connectivity index (χ3n) is 3.86. The van der Waals surface area contributed by atoms with Crippen molar-refractivity contribution in [1.29, 1.82) is 0 Å². The minimum absolute atomic E-state index is 0.0217. The van der Waals surface area contributed by atoms with Gasteiger partial charge in [-0.25, -0.2) is 0 Å². The fraction of sp³-hybridized carbons (Fsp3) is 0.846. The van der Waals surface area contributed by atoms with Crippen LogP contribution in [-0.2, 0) is 19.1 Å². The van der Waals surface area contributed by atoms with Crippen molar-refractivity contribution in [3.8, 4) is 0 Å². The first-order valence-corrected chi connectivity index (χ1v) is 6.82. The van der Waals surface area contributed by atoms with Crippen LogP contribution in [0.4, 0.5) is 0 Å². The number of carbonyl (C=O) groups is 2. The van der Waals surface area contributed by atoms with E-state index in [2.05, 4.69) is 10.6 Å². The molecule has 0 aromatic rings. The van der Waals surface area contributed by atoms with E-state index in [9.17, 15) is 9.59 Å². The molecule has 0 radical (unpaired) electrons. The highest BCUT2D eigenvalue weighted by molar-refractivity contribution is 5.79. The molecule has 1 aliphatic heterocycles. The molecule has 1 saturated carbocycles. The van der Waals surface area contributed by atoms with Crippen molar-refractivity contribution in [3.63, 3.8) is 0 Å². The van der Waals surface area contributed by atoms with E-state index in [0.29, 0.717) is 19.6 Å². The topological polar surface area (TPSA) is 76.7 Å². The average Bonchev–Trinajstić information content (AvgIpc) is 2.37. The van der Waals surface area contributed by atoms with Gasteiger partial charge < -0.3 is 20.1 Å². The highest BCUT2D eigenvalue weighted by atomic mass is 16.5. The Morgan fingerprint density at radius 3 is 2.79 bits per heavy atom. The normalized spacial score (nSPS) is 25.2. The monoisotopic (exact) mass is 270 g/mol. The van der Waals surface area contributed by atoms with Crippen LogP contribution in [0.15, 0.2) is 0 Å². The van der Waals surface area contributed by atoms with E-state index in [1.165, 1.54) is 7.11 Å². The van der Waals surface area contributed by atoms with E-state index in [-0.39, 0.29) is 29.9 Å². The Morgan fingerprint density at radius 2 is 2.26 bits per heavy atom. The van der Waals surface area contributed by atoms with Crippen LogP contribution in [0.5, 0.6) is 0 Å². The van der Waals surface area contributed by atoms with Gasteiger partial charge in [-0.05, 0) is 19.3 Å². The lowest BCUT2D eigenvalue weighted by molar-refractivity contribution is -0.144. The molecule has 0 aromatic carbocycles. The Kier molecular flexibility index (Phi) is 4.76. The second-order valence-corrected chi connectivity index (χ2v) is 5.37. The van der Waals surface area contributed by atoms with Crippen LogP contribution in [0.25, 0.3) is 0 Å². The molecule has 2 aliphatic rings. The number of methoxy groups -OCH3 is 1. The number of nitrogens with one attached hydrogen (secondary N) is 2. The fourth-order valence-electron chi connectivity index (χ4n) is 2.62. The first kappa shape index (κ1) is 14.3. The third kappa shape index (κ3) is 3.91. The molecular formula is C13H22N2O4. The Bertz CT molecular complexity index is 336. The Morgan fingerprint density at radius 1 is 1.47 bits per heavy atom. The molecule has 2 N–H and O–H groups in total. The van der Waals surface area contributed by atoms with Crippen LogP contribution < -0.4 is 10.6 Å². The molecule has 6 nitrogen and oxygen atoms in total. The maximum Gasteiger partial charge on any atom is 0.307 e. The van der Waals surface area contributed by atoms with Crippen LogP contribution in [0.2, 0.25) is 0 Å². The van der Waals surface area contributed by atoms with Crippen molar-refractivity contribution in [2.75, 3.05) is 26.9 Å². The lowest BCUT2D eigenvalue weighted by Crippen LogP contribution is -2.56. The Labute approximate surface area is 113 Å². The van der Waals surface area contributed by atoms with Crippen molar-refractivity contribution in [2.45, 2.75) is 43.7 Å². The largest absolute Gasteiger partial charge is 0.469 e. The van der Waals surface area contributed by atoms with Gasteiger partial charge in [-0.3, -0.25) is 9.59 Å². The van der Waals surface area contributed by atoms with Gasteiger partial charge >= 0.3 is 5.97 Å². The molecule has 1 heterocycles. The van der Waals surface area contributed by atoms with Gasteiger partial charge in [0.1, 0.15) is 0 Å². The van der Waals surface area contributed by atoms with Crippen LogP contribution in [0, 0.1) is 0 Å². The number of amides is 1. The fourth-order valence-corrected chi connectivity index (χ4v) is 2.62. The third-order valence-corrected chi connectivity index (χ3v) is 3.86. The van der Waals surface area contributed by atoms with Gasteiger partial charge in [0.2, 0.25) is 5.91 Å². The Hall–Kier alpha value is -1.14. The van der Waals surface area contributed by atoms with Crippen molar-refractivity contribution >= 4 is 11.9 Å². The van der Waals surface area contributed by atoms with E-state index >= 15 is 0 Å². The summed E-state index contributed by atoms with van der Waals surface area (Å²) in [6.45, 7) is 2.05. The molecule has 1 unspecified atom stereocenters. The summed E-state index contributed by atoms with van der Waals surface area (Å²) in [6.07, 6.45) is 3.40. The Balaban J connectivity index is 1.80. The number of hydrogen-bond acceptors (Lipinski definition) is 5. The van der Waals surface area contributed by atoms with E-state index in [1.54, 1.807) is 0 Å². The number of carbonyl (C=O) groups excluding carboxylic acids is 2. The molecule has 1 amide bonds. The van der Waals surface area contributed by atoms with Gasteiger partial charge in [-0.1, -0.05) is 0 Å². The van der Waals surface area contributed by atoms with Crippen LogP contribution >= 0.6 is 0 Å². The second-order valence-electron chi connectivity index (χ2n) is 5.37. The van der Waals surface area contributed by atoms with E-state index in [4.69, 9.17) is 9.47 Å². The summed E-state index contributed by atoms with van der Waals surface area (Å²) in [5, 5.41) is 6.25. The minimum atomic E-state index is -0.375. The average molecular weight is 270 g/mol. The molecule has 19 heavy (non-hydrogen) atoms. The van der Waals surface area contributed by atoms with E-state index in [0.717, 1.165) is 25.8 Å². The molecule has 2 rings (SSSR count). The summed E-state index contributed by atoms with van der Waals surface area (Å²) in [4.78, 5) is 23.4. The van der Waals surface area contributed by atoms with Gasteiger partial charge in [0.05, 0.1) is 32.3 Å². The zero-order chi connectivity index (χ0) is 13.7. The van der Waals surface area contributed by atoms with E-state index in [1.807, 2.05) is 0 Å². The number of ether oxygens (including phenoxy) is 2. The molecule has 0 spiro atoms. The summed E-state index contributed by atoms with van der Waals surface area (Å²) in [6, 6.07) is 0.0732. The summed E-state index contributed by atoms with van der Waals surface area (Å²) >= 11 is 0. The molecule has 1 aliphatic carbocycles. The van der Waals surface area contributed by atoms with Crippen LogP contribution in [-0.4, -0.2) is 50.3 Å². The molecular weight excluding hydrogens is 248 g/mol.